The highest BCUT2D eigenvalue weighted by Gasteiger charge is 2.15. The number of nitrogens with one attached hydrogen (secondary N) is 1. The molecule has 0 radical (unpaired) electrons. The van der Waals surface area contributed by atoms with Gasteiger partial charge in [0, 0.05) is 67.1 Å². The van der Waals surface area contributed by atoms with Crippen molar-refractivity contribution in [3.8, 4) is 11.3 Å². The molecule has 1 aliphatic heterocycles. The maximum Gasteiger partial charge on any atom is 0.128 e. The van der Waals surface area contributed by atoms with Gasteiger partial charge >= 0.3 is 0 Å². The molecule has 3 aromatic heterocycles. The highest BCUT2D eigenvalue weighted by molar-refractivity contribution is 5.88. The molecule has 0 spiro atoms. The van der Waals surface area contributed by atoms with Crippen molar-refractivity contribution in [2.45, 2.75) is 25.8 Å². The van der Waals surface area contributed by atoms with Gasteiger partial charge < -0.3 is 14.6 Å². The van der Waals surface area contributed by atoms with Gasteiger partial charge in [-0.2, -0.15) is 0 Å². The molecule has 0 bridgehead atoms. The van der Waals surface area contributed by atoms with Crippen LogP contribution in [-0.4, -0.2) is 33.8 Å². The lowest BCUT2D eigenvalue weighted by Gasteiger charge is -2.23. The molecule has 24 heavy (non-hydrogen) atoms. The Balaban J connectivity index is 1.68. The summed E-state index contributed by atoms with van der Waals surface area (Å²) in [4.78, 5) is 8.88. The van der Waals surface area contributed by atoms with Crippen molar-refractivity contribution >= 4 is 16.7 Å². The summed E-state index contributed by atoms with van der Waals surface area (Å²) < 4.78 is 7.64. The molecule has 0 unspecified atom stereocenters. The number of anilines is 1. The number of fused-ring (bicyclic) bond motifs is 1. The molecule has 5 nitrogen and oxygen atoms in total. The molecule has 124 valence electrons. The van der Waals surface area contributed by atoms with E-state index in [1.54, 1.807) is 0 Å². The lowest BCUT2D eigenvalue weighted by molar-refractivity contribution is 0.0904. The van der Waals surface area contributed by atoms with E-state index in [4.69, 9.17) is 4.74 Å². The molecule has 3 aromatic rings. The SMILES string of the molecule is Cc1cc(-c2cc3cnc(NC4CCOCC4)cc3n2C)ccn1. The standard InChI is InChI=1S/C19H22N4O/c1-13-9-14(3-6-20-13)17-10-15-12-21-19(11-18(15)23(17)2)22-16-4-7-24-8-5-16/h3,6,9-12,16H,4-5,7-8H2,1-2H3,(H,21,22). The molecule has 0 aliphatic carbocycles. The fraction of sp³-hybridized carbons (Fsp3) is 0.368. The molecular weight excluding hydrogens is 300 g/mol. The van der Waals surface area contributed by atoms with E-state index < -0.39 is 0 Å². The molecule has 1 aliphatic rings. The van der Waals surface area contributed by atoms with Gasteiger partial charge in [0.05, 0.1) is 5.52 Å². The molecule has 0 atom stereocenters. The Bertz CT molecular complexity index is 865. The van der Waals surface area contributed by atoms with Crippen molar-refractivity contribution < 1.29 is 4.74 Å². The number of ether oxygens (including phenoxy) is 1. The van der Waals surface area contributed by atoms with E-state index in [2.05, 4.69) is 51.2 Å². The summed E-state index contributed by atoms with van der Waals surface area (Å²) in [6, 6.07) is 8.95. The van der Waals surface area contributed by atoms with Crippen LogP contribution in [0, 0.1) is 6.92 Å². The van der Waals surface area contributed by atoms with Gasteiger partial charge in [-0.05, 0) is 38.0 Å². The van der Waals surface area contributed by atoms with Gasteiger partial charge in [0.15, 0.2) is 0 Å². The number of hydrogen-bond donors (Lipinski definition) is 1. The van der Waals surface area contributed by atoms with Gasteiger partial charge in [0.2, 0.25) is 0 Å². The number of pyridine rings is 2. The maximum atomic E-state index is 5.42. The first kappa shape index (κ1) is 15.1. The molecule has 0 aromatic carbocycles. The number of hydrogen-bond acceptors (Lipinski definition) is 4. The Hall–Kier alpha value is -2.40. The zero-order valence-corrected chi connectivity index (χ0v) is 14.1. The van der Waals surface area contributed by atoms with Crippen molar-refractivity contribution in [3.63, 3.8) is 0 Å². The summed E-state index contributed by atoms with van der Waals surface area (Å²) in [6.07, 6.45) is 5.88. The summed E-state index contributed by atoms with van der Waals surface area (Å²) in [5.74, 6) is 0.938. The topological polar surface area (TPSA) is 52.0 Å². The van der Waals surface area contributed by atoms with Gasteiger partial charge in [-0.15, -0.1) is 0 Å². The molecule has 1 N–H and O–H groups in total. The summed E-state index contributed by atoms with van der Waals surface area (Å²) >= 11 is 0. The van der Waals surface area contributed by atoms with E-state index in [1.807, 2.05) is 19.3 Å². The van der Waals surface area contributed by atoms with Crippen LogP contribution in [0.3, 0.4) is 0 Å². The Labute approximate surface area is 141 Å². The normalized spacial score (nSPS) is 15.8. The van der Waals surface area contributed by atoms with Gasteiger partial charge in [-0.3, -0.25) is 4.98 Å². The van der Waals surface area contributed by atoms with Crippen LogP contribution in [0.1, 0.15) is 18.5 Å². The van der Waals surface area contributed by atoms with Crippen molar-refractivity contribution in [3.05, 3.63) is 42.4 Å². The first-order valence-corrected chi connectivity index (χ1v) is 8.43. The van der Waals surface area contributed by atoms with Crippen LogP contribution in [0.4, 0.5) is 5.82 Å². The number of nitrogens with zero attached hydrogens (tertiary/aromatic N) is 3. The lowest BCUT2D eigenvalue weighted by Crippen LogP contribution is -2.28. The Morgan fingerprint density at radius 2 is 2.00 bits per heavy atom. The van der Waals surface area contributed by atoms with Crippen LogP contribution in [0.25, 0.3) is 22.2 Å². The third-order valence-corrected chi connectivity index (χ3v) is 4.69. The first-order chi connectivity index (χ1) is 11.7. The summed E-state index contributed by atoms with van der Waals surface area (Å²) in [5.41, 5.74) is 4.57. The van der Waals surface area contributed by atoms with Crippen LogP contribution >= 0.6 is 0 Å². The van der Waals surface area contributed by atoms with Crippen LogP contribution in [0.15, 0.2) is 36.7 Å². The third-order valence-electron chi connectivity index (χ3n) is 4.69. The van der Waals surface area contributed by atoms with Gasteiger partial charge in [0.25, 0.3) is 0 Å². The average molecular weight is 322 g/mol. The minimum Gasteiger partial charge on any atom is -0.381 e. The second kappa shape index (κ2) is 6.24. The second-order valence-corrected chi connectivity index (χ2v) is 6.43. The summed E-state index contributed by atoms with van der Waals surface area (Å²) in [7, 11) is 2.10. The second-order valence-electron chi connectivity index (χ2n) is 6.43. The molecule has 4 rings (SSSR count). The molecular formula is C19H22N4O. The fourth-order valence-electron chi connectivity index (χ4n) is 3.34. The van der Waals surface area contributed by atoms with Crippen LogP contribution in [0.2, 0.25) is 0 Å². The minimum atomic E-state index is 0.450. The third kappa shape index (κ3) is 2.87. The molecule has 0 amide bonds. The molecule has 4 heterocycles. The molecule has 5 heteroatoms. The van der Waals surface area contributed by atoms with Crippen molar-refractivity contribution in [2.24, 2.45) is 7.05 Å². The summed E-state index contributed by atoms with van der Waals surface area (Å²) in [6.45, 7) is 3.68. The Morgan fingerprint density at radius 3 is 2.79 bits per heavy atom. The molecule has 1 saturated heterocycles. The quantitative estimate of drug-likeness (QED) is 0.801. The predicted molar refractivity (Wildman–Crippen MR) is 96.1 cm³/mol. The van der Waals surface area contributed by atoms with E-state index in [0.29, 0.717) is 6.04 Å². The van der Waals surface area contributed by atoms with Gasteiger partial charge in [-0.1, -0.05) is 0 Å². The van der Waals surface area contributed by atoms with E-state index in [0.717, 1.165) is 43.0 Å². The van der Waals surface area contributed by atoms with E-state index in [9.17, 15) is 0 Å². The maximum absolute atomic E-state index is 5.42. The van der Waals surface area contributed by atoms with Crippen molar-refractivity contribution in [2.75, 3.05) is 18.5 Å². The largest absolute Gasteiger partial charge is 0.381 e. The summed E-state index contributed by atoms with van der Waals surface area (Å²) in [5, 5.41) is 4.70. The highest BCUT2D eigenvalue weighted by atomic mass is 16.5. The van der Waals surface area contributed by atoms with Crippen molar-refractivity contribution in [1.82, 2.24) is 14.5 Å². The Morgan fingerprint density at radius 1 is 1.17 bits per heavy atom. The van der Waals surface area contributed by atoms with E-state index in [1.165, 1.54) is 16.8 Å². The number of aryl methyl sites for hydroxylation is 2. The average Bonchev–Trinajstić information content (AvgIpc) is 2.93. The van der Waals surface area contributed by atoms with Crippen LogP contribution < -0.4 is 5.32 Å². The highest BCUT2D eigenvalue weighted by Crippen LogP contribution is 2.28. The van der Waals surface area contributed by atoms with Crippen LogP contribution in [0.5, 0.6) is 0 Å². The minimum absolute atomic E-state index is 0.450. The number of aromatic nitrogens is 3. The molecule has 0 saturated carbocycles. The van der Waals surface area contributed by atoms with E-state index in [-0.39, 0.29) is 0 Å². The van der Waals surface area contributed by atoms with Crippen molar-refractivity contribution in [1.29, 1.82) is 0 Å². The smallest absolute Gasteiger partial charge is 0.128 e. The zero-order valence-electron chi connectivity index (χ0n) is 14.1. The first-order valence-electron chi connectivity index (χ1n) is 8.43. The van der Waals surface area contributed by atoms with E-state index >= 15 is 0 Å². The molecule has 1 fully saturated rings. The zero-order chi connectivity index (χ0) is 16.5. The van der Waals surface area contributed by atoms with Gasteiger partial charge in [-0.25, -0.2) is 4.98 Å². The van der Waals surface area contributed by atoms with Gasteiger partial charge in [0.1, 0.15) is 5.82 Å². The Kier molecular flexibility index (Phi) is 3.94. The number of rotatable bonds is 3. The predicted octanol–water partition coefficient (Wildman–Crippen LogP) is 3.53. The lowest BCUT2D eigenvalue weighted by atomic mass is 10.1. The van der Waals surface area contributed by atoms with Crippen LogP contribution in [-0.2, 0) is 11.8 Å². The fourth-order valence-corrected chi connectivity index (χ4v) is 3.34. The monoisotopic (exact) mass is 322 g/mol.